The van der Waals surface area contributed by atoms with Gasteiger partial charge in [0.2, 0.25) is 0 Å². The fourth-order valence-corrected chi connectivity index (χ4v) is 2.34. The van der Waals surface area contributed by atoms with Gasteiger partial charge in [-0.05, 0) is 24.3 Å². The largest absolute Gasteiger partial charge is 0.394 e. The number of fused-ring (bicyclic) bond motifs is 1. The zero-order chi connectivity index (χ0) is 15.6. The van der Waals surface area contributed by atoms with Crippen molar-refractivity contribution in [1.29, 1.82) is 0 Å². The van der Waals surface area contributed by atoms with E-state index in [1.54, 1.807) is 17.1 Å². The van der Waals surface area contributed by atoms with E-state index in [4.69, 9.17) is 5.11 Å². The summed E-state index contributed by atoms with van der Waals surface area (Å²) in [5, 5.41) is 25.2. The van der Waals surface area contributed by atoms with Crippen LogP contribution in [0.15, 0.2) is 48.9 Å². The predicted molar refractivity (Wildman–Crippen MR) is 82.3 cm³/mol. The molecule has 0 fully saturated rings. The molecule has 0 unspecified atom stereocenters. The van der Waals surface area contributed by atoms with E-state index in [1.165, 1.54) is 0 Å². The Labute approximate surface area is 131 Å². The summed E-state index contributed by atoms with van der Waals surface area (Å²) in [4.78, 5) is 4.45. The Bertz CT molecular complexity index is 942. The Morgan fingerprint density at radius 3 is 2.78 bits per heavy atom. The second kappa shape index (κ2) is 5.58. The Balaban J connectivity index is 1.67. The molecule has 4 aromatic rings. The summed E-state index contributed by atoms with van der Waals surface area (Å²) in [5.41, 5.74) is 3.07. The lowest BCUT2D eigenvalue weighted by Crippen LogP contribution is -2.01. The molecule has 0 saturated heterocycles. The molecule has 0 amide bonds. The van der Waals surface area contributed by atoms with Crippen molar-refractivity contribution in [3.8, 4) is 22.8 Å². The molecular formula is C15H13N7O. The lowest BCUT2D eigenvalue weighted by atomic mass is 10.2. The van der Waals surface area contributed by atoms with Crippen LogP contribution < -0.4 is 0 Å². The molecule has 4 aromatic heterocycles. The van der Waals surface area contributed by atoms with Gasteiger partial charge < -0.3 is 5.11 Å². The van der Waals surface area contributed by atoms with Crippen LogP contribution in [0.25, 0.3) is 28.4 Å². The van der Waals surface area contributed by atoms with Gasteiger partial charge in [0.25, 0.3) is 0 Å². The minimum Gasteiger partial charge on any atom is -0.394 e. The minimum absolute atomic E-state index is 0.0277. The van der Waals surface area contributed by atoms with E-state index in [0.29, 0.717) is 18.1 Å². The van der Waals surface area contributed by atoms with Gasteiger partial charge in [0.05, 0.1) is 19.3 Å². The van der Waals surface area contributed by atoms with Crippen LogP contribution in [0.4, 0.5) is 0 Å². The third-order valence-corrected chi connectivity index (χ3v) is 3.47. The monoisotopic (exact) mass is 307 g/mol. The summed E-state index contributed by atoms with van der Waals surface area (Å²) in [5.74, 6) is 0.691. The fourth-order valence-electron chi connectivity index (χ4n) is 2.34. The van der Waals surface area contributed by atoms with Gasteiger partial charge >= 0.3 is 0 Å². The van der Waals surface area contributed by atoms with Crippen molar-refractivity contribution in [2.24, 2.45) is 0 Å². The maximum Gasteiger partial charge on any atom is 0.186 e. The van der Waals surface area contributed by atoms with E-state index in [-0.39, 0.29) is 6.61 Å². The SMILES string of the molecule is OCCn1cc(-c2ccc(-c3nnc4ccccn34)nc2)nn1. The Morgan fingerprint density at radius 1 is 1.00 bits per heavy atom. The van der Waals surface area contributed by atoms with Crippen LogP contribution in [0.5, 0.6) is 0 Å². The van der Waals surface area contributed by atoms with Crippen LogP contribution in [0.3, 0.4) is 0 Å². The number of nitrogens with zero attached hydrogens (tertiary/aromatic N) is 7. The molecule has 0 aromatic carbocycles. The molecule has 0 aliphatic rings. The van der Waals surface area contributed by atoms with E-state index in [1.807, 2.05) is 40.9 Å². The highest BCUT2D eigenvalue weighted by Crippen LogP contribution is 2.20. The van der Waals surface area contributed by atoms with Gasteiger partial charge in [-0.2, -0.15) is 0 Å². The van der Waals surface area contributed by atoms with Crippen molar-refractivity contribution in [2.45, 2.75) is 6.54 Å². The smallest absolute Gasteiger partial charge is 0.186 e. The third-order valence-electron chi connectivity index (χ3n) is 3.47. The van der Waals surface area contributed by atoms with E-state index in [9.17, 15) is 0 Å². The molecule has 1 N–H and O–H groups in total. The summed E-state index contributed by atoms with van der Waals surface area (Å²) in [6, 6.07) is 9.53. The fraction of sp³-hybridized carbons (Fsp3) is 0.133. The Hall–Kier alpha value is -3.13. The Morgan fingerprint density at radius 2 is 1.96 bits per heavy atom. The van der Waals surface area contributed by atoms with Crippen molar-refractivity contribution in [2.75, 3.05) is 6.61 Å². The van der Waals surface area contributed by atoms with Crippen LogP contribution >= 0.6 is 0 Å². The van der Waals surface area contributed by atoms with E-state index in [0.717, 1.165) is 16.9 Å². The first kappa shape index (κ1) is 13.5. The first-order chi connectivity index (χ1) is 11.3. The third kappa shape index (κ3) is 2.44. The number of rotatable bonds is 4. The molecule has 114 valence electrons. The number of aliphatic hydroxyl groups is 1. The maximum atomic E-state index is 8.91. The van der Waals surface area contributed by atoms with Gasteiger partial charge in [0.1, 0.15) is 11.4 Å². The molecular weight excluding hydrogens is 294 g/mol. The van der Waals surface area contributed by atoms with Crippen molar-refractivity contribution in [3.63, 3.8) is 0 Å². The van der Waals surface area contributed by atoms with Crippen molar-refractivity contribution >= 4 is 5.65 Å². The van der Waals surface area contributed by atoms with Crippen LogP contribution in [-0.4, -0.2) is 46.3 Å². The van der Waals surface area contributed by atoms with Gasteiger partial charge in [-0.3, -0.25) is 9.38 Å². The molecule has 0 saturated carbocycles. The quantitative estimate of drug-likeness (QED) is 0.605. The summed E-state index contributed by atoms with van der Waals surface area (Å²) in [6.07, 6.45) is 5.41. The molecule has 0 aliphatic heterocycles. The first-order valence-corrected chi connectivity index (χ1v) is 7.13. The zero-order valence-corrected chi connectivity index (χ0v) is 12.1. The summed E-state index contributed by atoms with van der Waals surface area (Å²) in [7, 11) is 0. The number of hydrogen-bond donors (Lipinski definition) is 1. The standard InChI is InChI=1S/C15H13N7O/c23-8-7-21-10-13(17-20-21)11-4-5-12(16-9-11)15-19-18-14-3-1-2-6-22(14)15/h1-6,9-10,23H,7-8H2. The predicted octanol–water partition coefficient (Wildman–Crippen LogP) is 1.04. The number of aromatic nitrogens is 7. The average Bonchev–Trinajstić information content (AvgIpc) is 3.22. The molecule has 23 heavy (non-hydrogen) atoms. The number of aliphatic hydroxyl groups excluding tert-OH is 1. The summed E-state index contributed by atoms with van der Waals surface area (Å²) >= 11 is 0. The average molecular weight is 307 g/mol. The highest BCUT2D eigenvalue weighted by atomic mass is 16.3. The molecule has 4 rings (SSSR count). The van der Waals surface area contributed by atoms with Crippen LogP contribution in [0.2, 0.25) is 0 Å². The number of pyridine rings is 2. The van der Waals surface area contributed by atoms with Gasteiger partial charge in [-0.1, -0.05) is 11.3 Å². The normalized spacial score (nSPS) is 11.2. The molecule has 8 heteroatoms. The highest BCUT2D eigenvalue weighted by molar-refractivity contribution is 5.61. The van der Waals surface area contributed by atoms with Gasteiger partial charge in [0, 0.05) is 18.0 Å². The molecule has 0 radical (unpaired) electrons. The first-order valence-electron chi connectivity index (χ1n) is 7.13. The molecule has 0 bridgehead atoms. The molecule has 8 nitrogen and oxygen atoms in total. The zero-order valence-electron chi connectivity index (χ0n) is 12.1. The van der Waals surface area contributed by atoms with Crippen LogP contribution in [-0.2, 0) is 6.54 Å². The minimum atomic E-state index is 0.0277. The second-order valence-corrected chi connectivity index (χ2v) is 4.98. The molecule has 4 heterocycles. The van der Waals surface area contributed by atoms with Crippen LogP contribution in [0, 0.1) is 0 Å². The molecule has 0 spiro atoms. The lowest BCUT2D eigenvalue weighted by molar-refractivity contribution is 0.268. The van der Waals surface area contributed by atoms with Crippen molar-refractivity contribution in [3.05, 3.63) is 48.9 Å². The molecule has 0 atom stereocenters. The van der Waals surface area contributed by atoms with Crippen LogP contribution in [0.1, 0.15) is 0 Å². The lowest BCUT2D eigenvalue weighted by Gasteiger charge is -2.00. The van der Waals surface area contributed by atoms with Gasteiger partial charge in [-0.25, -0.2) is 4.68 Å². The van der Waals surface area contributed by atoms with Gasteiger partial charge in [-0.15, -0.1) is 15.3 Å². The Kier molecular flexibility index (Phi) is 3.28. The summed E-state index contributed by atoms with van der Waals surface area (Å²) in [6.45, 7) is 0.449. The second-order valence-electron chi connectivity index (χ2n) is 4.98. The summed E-state index contributed by atoms with van der Waals surface area (Å²) < 4.78 is 3.48. The highest BCUT2D eigenvalue weighted by Gasteiger charge is 2.10. The number of hydrogen-bond acceptors (Lipinski definition) is 6. The van der Waals surface area contributed by atoms with E-state index in [2.05, 4.69) is 25.5 Å². The van der Waals surface area contributed by atoms with Gasteiger partial charge in [0.15, 0.2) is 11.5 Å². The van der Waals surface area contributed by atoms with Crippen molar-refractivity contribution in [1.82, 2.24) is 34.6 Å². The van der Waals surface area contributed by atoms with Crippen molar-refractivity contribution < 1.29 is 5.11 Å². The van der Waals surface area contributed by atoms with E-state index >= 15 is 0 Å². The van der Waals surface area contributed by atoms with E-state index < -0.39 is 0 Å². The maximum absolute atomic E-state index is 8.91. The topological polar surface area (TPSA) is 94.0 Å². The molecule has 0 aliphatic carbocycles.